The molecule has 1 heterocycles. The summed E-state index contributed by atoms with van der Waals surface area (Å²) in [6, 6.07) is 6.71. The van der Waals surface area contributed by atoms with Crippen LogP contribution in [0.4, 0.5) is 5.82 Å². The molecule has 0 saturated carbocycles. The van der Waals surface area contributed by atoms with Crippen LogP contribution >= 0.6 is 23.2 Å². The molecule has 150 valence electrons. The Morgan fingerprint density at radius 1 is 1.25 bits per heavy atom. The molecule has 2 N–H and O–H groups in total. The molecule has 0 radical (unpaired) electrons. The third kappa shape index (κ3) is 5.65. The number of aromatic nitrogens is 1. The molecule has 0 saturated heterocycles. The summed E-state index contributed by atoms with van der Waals surface area (Å²) < 4.78 is 31.5. The first kappa shape index (κ1) is 22.1. The molecule has 28 heavy (non-hydrogen) atoms. The van der Waals surface area contributed by atoms with Crippen LogP contribution in [0.3, 0.4) is 0 Å². The van der Waals surface area contributed by atoms with E-state index in [1.807, 2.05) is 0 Å². The van der Waals surface area contributed by atoms with Crippen LogP contribution in [0.1, 0.15) is 24.2 Å². The van der Waals surface area contributed by atoms with Gasteiger partial charge < -0.3 is 10.1 Å². The maximum Gasteiger partial charge on any atom is 0.338 e. The number of carbonyl (C=O) groups excluding carboxylic acids is 2. The first-order valence-corrected chi connectivity index (χ1v) is 10.3. The SMILES string of the molecule is CCNS(=O)(=O)c1cccc(C(=O)OC(C)C(=O)Nc2ncc(Cl)cc2Cl)c1. The molecule has 2 aromatic rings. The summed E-state index contributed by atoms with van der Waals surface area (Å²) in [6.45, 7) is 3.20. The number of nitrogens with one attached hydrogen (secondary N) is 2. The number of hydrogen-bond acceptors (Lipinski definition) is 6. The number of halogens is 2. The van der Waals surface area contributed by atoms with Crippen LogP contribution in [0.25, 0.3) is 0 Å². The molecule has 1 amide bonds. The fourth-order valence-corrected chi connectivity index (χ4v) is 3.58. The van der Waals surface area contributed by atoms with E-state index in [0.717, 1.165) is 0 Å². The van der Waals surface area contributed by atoms with Crippen molar-refractivity contribution in [3.63, 3.8) is 0 Å². The van der Waals surface area contributed by atoms with Gasteiger partial charge in [0.2, 0.25) is 10.0 Å². The van der Waals surface area contributed by atoms with Crippen molar-refractivity contribution in [2.24, 2.45) is 0 Å². The molecular formula is C17H17Cl2N3O5S. The van der Waals surface area contributed by atoms with Crippen LogP contribution in [-0.4, -0.2) is 37.9 Å². The molecule has 1 atom stereocenters. The molecule has 1 aromatic carbocycles. The lowest BCUT2D eigenvalue weighted by molar-refractivity contribution is -0.123. The fraction of sp³-hybridized carbons (Fsp3) is 0.235. The minimum absolute atomic E-state index is 0.0127. The molecule has 0 spiro atoms. The maximum absolute atomic E-state index is 12.3. The lowest BCUT2D eigenvalue weighted by Gasteiger charge is -2.14. The Labute approximate surface area is 172 Å². The Balaban J connectivity index is 2.08. The molecule has 1 aromatic heterocycles. The van der Waals surface area contributed by atoms with E-state index in [9.17, 15) is 18.0 Å². The smallest absolute Gasteiger partial charge is 0.338 e. The van der Waals surface area contributed by atoms with Crippen LogP contribution in [0.5, 0.6) is 0 Å². The Morgan fingerprint density at radius 2 is 1.96 bits per heavy atom. The number of sulfonamides is 1. The third-order valence-electron chi connectivity index (χ3n) is 3.42. The normalized spacial score (nSPS) is 12.3. The topological polar surface area (TPSA) is 114 Å². The number of rotatable bonds is 7. The summed E-state index contributed by atoms with van der Waals surface area (Å²) >= 11 is 11.7. The van der Waals surface area contributed by atoms with Crippen molar-refractivity contribution in [2.45, 2.75) is 24.8 Å². The van der Waals surface area contributed by atoms with Crippen LogP contribution in [0, 0.1) is 0 Å². The highest BCUT2D eigenvalue weighted by Crippen LogP contribution is 2.22. The molecule has 2 rings (SSSR count). The van der Waals surface area contributed by atoms with Gasteiger partial charge in [0.15, 0.2) is 11.9 Å². The number of pyridine rings is 1. The van der Waals surface area contributed by atoms with Crippen LogP contribution in [-0.2, 0) is 19.6 Å². The van der Waals surface area contributed by atoms with Gasteiger partial charge in [-0.25, -0.2) is 22.9 Å². The first-order valence-electron chi connectivity index (χ1n) is 8.06. The van der Waals surface area contributed by atoms with Gasteiger partial charge in [0, 0.05) is 12.7 Å². The zero-order valence-corrected chi connectivity index (χ0v) is 17.2. The van der Waals surface area contributed by atoms with E-state index in [-0.39, 0.29) is 27.8 Å². The average molecular weight is 446 g/mol. The largest absolute Gasteiger partial charge is 0.449 e. The average Bonchev–Trinajstić information content (AvgIpc) is 2.64. The standard InChI is InChI=1S/C17H17Cl2N3O5S/c1-3-21-28(25,26)13-6-4-5-11(7-13)17(24)27-10(2)16(23)22-15-14(19)8-12(18)9-20-15/h4-10,21H,3H2,1-2H3,(H,20,22,23). The fourth-order valence-electron chi connectivity index (χ4n) is 2.07. The van der Waals surface area contributed by atoms with Crippen molar-refractivity contribution < 1.29 is 22.7 Å². The van der Waals surface area contributed by atoms with Crippen molar-refractivity contribution in [3.8, 4) is 0 Å². The zero-order valence-electron chi connectivity index (χ0n) is 14.9. The van der Waals surface area contributed by atoms with E-state index in [1.165, 1.54) is 43.5 Å². The van der Waals surface area contributed by atoms with E-state index in [4.69, 9.17) is 27.9 Å². The second kappa shape index (κ2) is 9.33. The molecular weight excluding hydrogens is 429 g/mol. The zero-order chi connectivity index (χ0) is 20.9. The number of anilines is 1. The van der Waals surface area contributed by atoms with Gasteiger partial charge in [-0.2, -0.15) is 0 Å². The van der Waals surface area contributed by atoms with Crippen LogP contribution in [0.15, 0.2) is 41.4 Å². The number of esters is 1. The van der Waals surface area contributed by atoms with E-state index < -0.39 is 28.0 Å². The number of amides is 1. The van der Waals surface area contributed by atoms with E-state index >= 15 is 0 Å². The number of nitrogens with zero attached hydrogens (tertiary/aromatic N) is 1. The van der Waals surface area contributed by atoms with E-state index in [2.05, 4.69) is 15.0 Å². The molecule has 0 aliphatic rings. The lowest BCUT2D eigenvalue weighted by atomic mass is 10.2. The van der Waals surface area contributed by atoms with Crippen molar-refractivity contribution >= 4 is 50.9 Å². The molecule has 1 unspecified atom stereocenters. The van der Waals surface area contributed by atoms with Gasteiger partial charge >= 0.3 is 5.97 Å². The summed E-state index contributed by atoms with van der Waals surface area (Å²) in [5, 5.41) is 2.85. The summed E-state index contributed by atoms with van der Waals surface area (Å²) in [6.07, 6.45) is 0.116. The molecule has 0 bridgehead atoms. The number of hydrogen-bond donors (Lipinski definition) is 2. The molecule has 0 aliphatic carbocycles. The van der Waals surface area contributed by atoms with E-state index in [1.54, 1.807) is 6.92 Å². The summed E-state index contributed by atoms with van der Waals surface area (Å²) in [5.74, 6) is -1.45. The molecule has 11 heteroatoms. The predicted octanol–water partition coefficient (Wildman–Crippen LogP) is 2.87. The number of benzene rings is 1. The summed E-state index contributed by atoms with van der Waals surface area (Å²) in [4.78, 5) is 28.3. The minimum atomic E-state index is -3.73. The van der Waals surface area contributed by atoms with Gasteiger partial charge in [-0.05, 0) is 31.2 Å². The van der Waals surface area contributed by atoms with Gasteiger partial charge in [0.25, 0.3) is 5.91 Å². The Morgan fingerprint density at radius 3 is 2.61 bits per heavy atom. The van der Waals surface area contributed by atoms with Gasteiger partial charge in [-0.1, -0.05) is 36.2 Å². The highest BCUT2D eigenvalue weighted by Gasteiger charge is 2.22. The summed E-state index contributed by atoms with van der Waals surface area (Å²) in [7, 11) is -3.73. The maximum atomic E-state index is 12.3. The van der Waals surface area contributed by atoms with Crippen molar-refractivity contribution in [1.82, 2.24) is 9.71 Å². The van der Waals surface area contributed by atoms with Gasteiger partial charge in [0.1, 0.15) is 0 Å². The number of ether oxygens (including phenoxy) is 1. The van der Waals surface area contributed by atoms with Crippen molar-refractivity contribution in [1.29, 1.82) is 0 Å². The monoisotopic (exact) mass is 445 g/mol. The Hall–Kier alpha value is -2.20. The predicted molar refractivity (Wildman–Crippen MR) is 105 cm³/mol. The third-order valence-corrected chi connectivity index (χ3v) is 5.45. The van der Waals surface area contributed by atoms with Crippen LogP contribution in [0.2, 0.25) is 10.0 Å². The van der Waals surface area contributed by atoms with Gasteiger partial charge in [0.05, 0.1) is 20.5 Å². The van der Waals surface area contributed by atoms with Crippen molar-refractivity contribution in [3.05, 3.63) is 52.1 Å². The molecule has 8 nitrogen and oxygen atoms in total. The number of carbonyl (C=O) groups is 2. The van der Waals surface area contributed by atoms with Gasteiger partial charge in [-0.15, -0.1) is 0 Å². The van der Waals surface area contributed by atoms with E-state index in [0.29, 0.717) is 5.02 Å². The first-order chi connectivity index (χ1) is 13.1. The van der Waals surface area contributed by atoms with Crippen molar-refractivity contribution in [2.75, 3.05) is 11.9 Å². The quantitative estimate of drug-likeness (QED) is 0.633. The second-order valence-electron chi connectivity index (χ2n) is 5.55. The van der Waals surface area contributed by atoms with Crippen LogP contribution < -0.4 is 10.0 Å². The Bertz CT molecular complexity index is 998. The Kier molecular flexibility index (Phi) is 7.36. The molecule has 0 fully saturated rings. The summed E-state index contributed by atoms with van der Waals surface area (Å²) in [5.41, 5.74) is -0.0127. The van der Waals surface area contributed by atoms with Gasteiger partial charge in [-0.3, -0.25) is 4.79 Å². The second-order valence-corrected chi connectivity index (χ2v) is 8.16. The highest BCUT2D eigenvalue weighted by molar-refractivity contribution is 7.89. The highest BCUT2D eigenvalue weighted by atomic mass is 35.5. The lowest BCUT2D eigenvalue weighted by Crippen LogP contribution is -2.30. The minimum Gasteiger partial charge on any atom is -0.449 e. The molecule has 0 aliphatic heterocycles.